The van der Waals surface area contributed by atoms with Crippen molar-refractivity contribution in [2.45, 2.75) is 25.7 Å². The molecule has 0 spiro atoms. The van der Waals surface area contributed by atoms with Crippen LogP contribution in [-0.2, 0) is 0 Å². The van der Waals surface area contributed by atoms with Gasteiger partial charge in [-0.2, -0.15) is 0 Å². The van der Waals surface area contributed by atoms with Gasteiger partial charge in [0.2, 0.25) is 0 Å². The SMILES string of the molecule is C=N/C=C(/Cl)C(=NCCC(F)(F)C(CC)CNC)SC. The molecule has 0 aliphatic heterocycles. The van der Waals surface area contributed by atoms with Gasteiger partial charge in [-0.3, -0.25) is 9.98 Å². The number of rotatable bonds is 9. The summed E-state index contributed by atoms with van der Waals surface area (Å²) in [5.74, 6) is -3.42. The molecule has 0 rings (SSSR count). The van der Waals surface area contributed by atoms with Gasteiger partial charge in [-0.1, -0.05) is 18.5 Å². The molecule has 0 aliphatic carbocycles. The molecule has 116 valence electrons. The fourth-order valence-corrected chi connectivity index (χ4v) is 2.55. The molecule has 0 aromatic heterocycles. The van der Waals surface area contributed by atoms with E-state index in [4.69, 9.17) is 11.6 Å². The Labute approximate surface area is 129 Å². The van der Waals surface area contributed by atoms with E-state index in [2.05, 4.69) is 22.0 Å². The third kappa shape index (κ3) is 6.81. The van der Waals surface area contributed by atoms with Gasteiger partial charge in [0.25, 0.3) is 5.92 Å². The minimum absolute atomic E-state index is 0.0323. The molecule has 1 atom stereocenters. The van der Waals surface area contributed by atoms with Crippen molar-refractivity contribution >= 4 is 35.1 Å². The Morgan fingerprint density at radius 2 is 2.20 bits per heavy atom. The van der Waals surface area contributed by atoms with E-state index in [1.165, 1.54) is 18.0 Å². The predicted molar refractivity (Wildman–Crippen MR) is 86.6 cm³/mol. The van der Waals surface area contributed by atoms with Crippen molar-refractivity contribution < 1.29 is 8.78 Å². The van der Waals surface area contributed by atoms with Crippen molar-refractivity contribution in [2.24, 2.45) is 15.9 Å². The van der Waals surface area contributed by atoms with Crippen LogP contribution in [0.1, 0.15) is 19.8 Å². The van der Waals surface area contributed by atoms with Crippen LogP contribution in [0.25, 0.3) is 0 Å². The topological polar surface area (TPSA) is 36.8 Å². The maximum absolute atomic E-state index is 14.0. The molecule has 20 heavy (non-hydrogen) atoms. The number of alkyl halides is 2. The van der Waals surface area contributed by atoms with Crippen LogP contribution in [0.4, 0.5) is 8.78 Å². The molecule has 7 heteroatoms. The van der Waals surface area contributed by atoms with Gasteiger partial charge in [0.05, 0.1) is 5.03 Å². The van der Waals surface area contributed by atoms with Crippen LogP contribution in [0.15, 0.2) is 21.2 Å². The summed E-state index contributed by atoms with van der Waals surface area (Å²) in [6.07, 6.45) is 3.27. The number of thioether (sulfide) groups is 1. The summed E-state index contributed by atoms with van der Waals surface area (Å²) < 4.78 is 28.0. The van der Waals surface area contributed by atoms with Crippen molar-refractivity contribution in [1.82, 2.24) is 5.32 Å². The quantitative estimate of drug-likeness (QED) is 0.517. The van der Waals surface area contributed by atoms with Gasteiger partial charge in [0.15, 0.2) is 0 Å². The Morgan fingerprint density at radius 3 is 2.65 bits per heavy atom. The third-order valence-corrected chi connectivity index (χ3v) is 3.97. The van der Waals surface area contributed by atoms with Crippen molar-refractivity contribution in [2.75, 3.05) is 26.4 Å². The number of hydrogen-bond donors (Lipinski definition) is 1. The molecule has 0 amide bonds. The molecule has 0 aromatic rings. The summed E-state index contributed by atoms with van der Waals surface area (Å²) in [4.78, 5) is 7.65. The lowest BCUT2D eigenvalue weighted by atomic mass is 9.96. The average Bonchev–Trinajstić information content (AvgIpc) is 2.40. The first-order valence-electron chi connectivity index (χ1n) is 6.35. The van der Waals surface area contributed by atoms with E-state index < -0.39 is 11.8 Å². The average molecular weight is 326 g/mol. The van der Waals surface area contributed by atoms with E-state index in [0.29, 0.717) is 23.0 Å². The van der Waals surface area contributed by atoms with Crippen LogP contribution in [0.2, 0.25) is 0 Å². The molecule has 0 saturated heterocycles. The lowest BCUT2D eigenvalue weighted by molar-refractivity contribution is -0.0629. The van der Waals surface area contributed by atoms with Crippen molar-refractivity contribution in [3.63, 3.8) is 0 Å². The monoisotopic (exact) mass is 325 g/mol. The molecular weight excluding hydrogens is 304 g/mol. The largest absolute Gasteiger partial charge is 0.319 e. The first-order chi connectivity index (χ1) is 9.42. The fraction of sp³-hybridized carbons (Fsp3) is 0.692. The van der Waals surface area contributed by atoms with Crippen LogP contribution in [0.3, 0.4) is 0 Å². The molecule has 0 bridgehead atoms. The van der Waals surface area contributed by atoms with Crippen LogP contribution >= 0.6 is 23.4 Å². The number of nitrogens with zero attached hydrogens (tertiary/aromatic N) is 2. The second kappa shape index (κ2) is 10.3. The van der Waals surface area contributed by atoms with Gasteiger partial charge >= 0.3 is 0 Å². The Morgan fingerprint density at radius 1 is 1.55 bits per heavy atom. The van der Waals surface area contributed by atoms with E-state index in [9.17, 15) is 8.78 Å². The Hall–Kier alpha value is -0.460. The van der Waals surface area contributed by atoms with E-state index in [-0.39, 0.29) is 13.0 Å². The van der Waals surface area contributed by atoms with Gasteiger partial charge in [-0.15, -0.1) is 11.8 Å². The lowest BCUT2D eigenvalue weighted by Gasteiger charge is -2.25. The Kier molecular flexibility index (Phi) is 10.1. The molecule has 0 radical (unpaired) electrons. The zero-order valence-corrected chi connectivity index (χ0v) is 13.7. The first kappa shape index (κ1) is 19.5. The standard InChI is InChI=1S/C13H22ClF2N3S/c1-5-10(8-17-2)13(15,16)6-7-19-12(20-4)11(14)9-18-3/h9-10,17H,3,5-8H2,1-2,4H3/b11-9+,19-12?. The number of nitrogens with one attached hydrogen (secondary N) is 1. The highest BCUT2D eigenvalue weighted by Crippen LogP contribution is 2.30. The normalized spacial score (nSPS) is 15.3. The molecule has 0 aromatic carbocycles. The zero-order valence-electron chi connectivity index (χ0n) is 12.1. The molecule has 1 N–H and O–H groups in total. The number of halogens is 3. The molecular formula is C13H22ClF2N3S. The summed E-state index contributed by atoms with van der Waals surface area (Å²) in [6, 6.07) is 0. The van der Waals surface area contributed by atoms with Crippen molar-refractivity contribution in [3.8, 4) is 0 Å². The Bertz CT molecular complexity index is 360. The van der Waals surface area contributed by atoms with Gasteiger partial charge in [0, 0.05) is 31.6 Å². The highest BCUT2D eigenvalue weighted by molar-refractivity contribution is 8.14. The molecule has 3 nitrogen and oxygen atoms in total. The number of aliphatic imine (C=N–C) groups is 2. The minimum Gasteiger partial charge on any atom is -0.319 e. The van der Waals surface area contributed by atoms with Crippen LogP contribution in [0.5, 0.6) is 0 Å². The van der Waals surface area contributed by atoms with Crippen molar-refractivity contribution in [1.29, 1.82) is 0 Å². The maximum atomic E-state index is 14.0. The maximum Gasteiger partial charge on any atom is 0.253 e. The Balaban J connectivity index is 4.65. The molecule has 0 aliphatic rings. The van der Waals surface area contributed by atoms with Gasteiger partial charge < -0.3 is 5.32 Å². The van der Waals surface area contributed by atoms with E-state index >= 15 is 0 Å². The highest BCUT2D eigenvalue weighted by Gasteiger charge is 2.37. The summed E-state index contributed by atoms with van der Waals surface area (Å²) in [5.41, 5.74) is 0. The smallest absolute Gasteiger partial charge is 0.253 e. The summed E-state index contributed by atoms with van der Waals surface area (Å²) in [5, 5.41) is 3.62. The molecule has 1 unspecified atom stereocenters. The zero-order chi connectivity index (χ0) is 15.6. The minimum atomic E-state index is -2.74. The van der Waals surface area contributed by atoms with Gasteiger partial charge in [-0.05, 0) is 26.4 Å². The van der Waals surface area contributed by atoms with E-state index in [0.717, 1.165) is 0 Å². The second-order valence-electron chi connectivity index (χ2n) is 4.22. The second-order valence-corrected chi connectivity index (χ2v) is 5.43. The molecule has 0 saturated carbocycles. The highest BCUT2D eigenvalue weighted by atomic mass is 35.5. The summed E-state index contributed by atoms with van der Waals surface area (Å²) in [6.45, 7) is 5.38. The molecule has 0 heterocycles. The fourth-order valence-electron chi connectivity index (χ4n) is 1.72. The first-order valence-corrected chi connectivity index (χ1v) is 7.95. The van der Waals surface area contributed by atoms with Gasteiger partial charge in [-0.25, -0.2) is 8.78 Å². The number of hydrogen-bond acceptors (Lipinski definition) is 4. The predicted octanol–water partition coefficient (Wildman–Crippen LogP) is 3.80. The van der Waals surface area contributed by atoms with Crippen molar-refractivity contribution in [3.05, 3.63) is 11.2 Å². The summed E-state index contributed by atoms with van der Waals surface area (Å²) in [7, 11) is 1.68. The molecule has 0 fully saturated rings. The van der Waals surface area contributed by atoms with Crippen LogP contribution < -0.4 is 5.32 Å². The van der Waals surface area contributed by atoms with Crippen LogP contribution in [0, 0.1) is 5.92 Å². The van der Waals surface area contributed by atoms with Crippen LogP contribution in [-0.4, -0.2) is 44.1 Å². The summed E-state index contributed by atoms with van der Waals surface area (Å²) >= 11 is 7.21. The lowest BCUT2D eigenvalue weighted by Crippen LogP contribution is -2.35. The van der Waals surface area contributed by atoms with E-state index in [1.54, 1.807) is 20.2 Å². The van der Waals surface area contributed by atoms with Gasteiger partial charge in [0.1, 0.15) is 5.04 Å². The third-order valence-electron chi connectivity index (χ3n) is 2.84. The van der Waals surface area contributed by atoms with E-state index in [1.807, 2.05) is 0 Å².